The second-order valence-electron chi connectivity index (χ2n) is 18.1. The third-order valence-corrected chi connectivity index (χ3v) is 11.8. The molecule has 0 aliphatic heterocycles. The van der Waals surface area contributed by atoms with Gasteiger partial charge in [-0.15, -0.1) is 0 Å². The van der Waals surface area contributed by atoms with Crippen molar-refractivity contribution in [3.63, 3.8) is 0 Å². The molecule has 0 aliphatic carbocycles. The van der Waals surface area contributed by atoms with Crippen LogP contribution in [0.4, 0.5) is 0 Å². The molecule has 0 amide bonds. The first kappa shape index (κ1) is 61.1. The summed E-state index contributed by atoms with van der Waals surface area (Å²) in [6.07, 6.45) is 64.9. The van der Waals surface area contributed by atoms with Gasteiger partial charge in [0.05, 0.1) is 0 Å². The van der Waals surface area contributed by atoms with Gasteiger partial charge in [0.2, 0.25) is 0 Å². The zero-order chi connectivity index (χ0) is 46.5. The van der Waals surface area contributed by atoms with Crippen LogP contribution >= 0.6 is 0 Å². The van der Waals surface area contributed by atoms with Gasteiger partial charge in [-0.25, -0.2) is 0 Å². The van der Waals surface area contributed by atoms with E-state index in [4.69, 9.17) is 14.2 Å². The van der Waals surface area contributed by atoms with Gasteiger partial charge in [-0.05, 0) is 83.5 Å². The topological polar surface area (TPSA) is 78.9 Å². The first-order chi connectivity index (χ1) is 31.5. The fourth-order valence-corrected chi connectivity index (χ4v) is 7.66. The third-order valence-electron chi connectivity index (χ3n) is 11.8. The molecule has 0 aliphatic rings. The van der Waals surface area contributed by atoms with Crippen LogP contribution in [0.2, 0.25) is 0 Å². The molecular weight excluding hydrogens is 793 g/mol. The second kappa shape index (κ2) is 52.7. The molecule has 0 rings (SSSR count). The van der Waals surface area contributed by atoms with E-state index in [9.17, 15) is 14.4 Å². The summed E-state index contributed by atoms with van der Waals surface area (Å²) in [5.41, 5.74) is 0. The summed E-state index contributed by atoms with van der Waals surface area (Å²) in [6, 6.07) is 0. The highest BCUT2D eigenvalue weighted by molar-refractivity contribution is 5.71. The number of ether oxygens (including phenoxy) is 3. The van der Waals surface area contributed by atoms with Gasteiger partial charge in [-0.2, -0.15) is 0 Å². The van der Waals surface area contributed by atoms with E-state index in [2.05, 4.69) is 81.5 Å². The third kappa shape index (κ3) is 50.1. The Hall–Kier alpha value is -2.89. The molecule has 370 valence electrons. The van der Waals surface area contributed by atoms with Crippen LogP contribution in [0.1, 0.15) is 271 Å². The average molecular weight is 895 g/mol. The van der Waals surface area contributed by atoms with E-state index in [0.29, 0.717) is 19.3 Å². The predicted molar refractivity (Wildman–Crippen MR) is 275 cm³/mol. The molecule has 0 saturated heterocycles. The van der Waals surface area contributed by atoms with Crippen molar-refractivity contribution in [1.29, 1.82) is 0 Å². The van der Waals surface area contributed by atoms with Crippen molar-refractivity contribution in [2.75, 3.05) is 13.2 Å². The van der Waals surface area contributed by atoms with Crippen LogP contribution < -0.4 is 0 Å². The van der Waals surface area contributed by atoms with Crippen molar-refractivity contribution in [3.8, 4) is 0 Å². The summed E-state index contributed by atoms with van der Waals surface area (Å²) in [5.74, 6) is -0.889. The van der Waals surface area contributed by atoms with E-state index < -0.39 is 6.10 Å². The lowest BCUT2D eigenvalue weighted by Gasteiger charge is -2.18. The van der Waals surface area contributed by atoms with Crippen molar-refractivity contribution < 1.29 is 28.6 Å². The second-order valence-corrected chi connectivity index (χ2v) is 18.1. The van der Waals surface area contributed by atoms with E-state index in [1.165, 1.54) is 128 Å². The van der Waals surface area contributed by atoms with E-state index in [-0.39, 0.29) is 31.1 Å². The van der Waals surface area contributed by atoms with Crippen molar-refractivity contribution in [2.24, 2.45) is 0 Å². The molecule has 0 bridgehead atoms. The van der Waals surface area contributed by atoms with E-state index in [1.54, 1.807) is 0 Å². The number of carbonyl (C=O) groups is 3. The van der Waals surface area contributed by atoms with Gasteiger partial charge in [0.1, 0.15) is 13.2 Å². The lowest BCUT2D eigenvalue weighted by molar-refractivity contribution is -0.167. The molecule has 0 N–H and O–H groups in total. The molecule has 0 spiro atoms. The minimum absolute atomic E-state index is 0.0779. The Morgan fingerprint density at radius 2 is 0.609 bits per heavy atom. The summed E-state index contributed by atoms with van der Waals surface area (Å²) < 4.78 is 16.8. The molecule has 0 aromatic heterocycles. The summed E-state index contributed by atoms with van der Waals surface area (Å²) in [4.78, 5) is 38.0. The molecule has 1 unspecified atom stereocenters. The number of unbranched alkanes of at least 4 members (excludes halogenated alkanes) is 28. The number of carbonyl (C=O) groups excluding carboxylic acids is 3. The number of hydrogen-bond acceptors (Lipinski definition) is 6. The maximum absolute atomic E-state index is 12.8. The molecule has 64 heavy (non-hydrogen) atoms. The smallest absolute Gasteiger partial charge is 0.306 e. The van der Waals surface area contributed by atoms with Crippen LogP contribution in [0.25, 0.3) is 0 Å². The van der Waals surface area contributed by atoms with Gasteiger partial charge in [-0.3, -0.25) is 14.4 Å². The number of hydrogen-bond donors (Lipinski definition) is 0. The molecule has 1 atom stereocenters. The largest absolute Gasteiger partial charge is 0.462 e. The first-order valence-corrected chi connectivity index (χ1v) is 27.3. The van der Waals surface area contributed by atoms with E-state index in [0.717, 1.165) is 103 Å². The molecule has 0 saturated carbocycles. The fourth-order valence-electron chi connectivity index (χ4n) is 7.66. The van der Waals surface area contributed by atoms with Gasteiger partial charge in [0.25, 0.3) is 0 Å². The van der Waals surface area contributed by atoms with Crippen LogP contribution in [0.5, 0.6) is 0 Å². The number of esters is 3. The van der Waals surface area contributed by atoms with Crippen LogP contribution in [0, 0.1) is 0 Å². The van der Waals surface area contributed by atoms with Gasteiger partial charge < -0.3 is 14.2 Å². The Kier molecular flexibility index (Phi) is 50.4. The SMILES string of the molecule is CC/C=C\C/C=C\C/C=C\C/C=C\CCCCCCCCCCC(=O)OCC(COC(=O)CCCCCCCCCCCC)OC(=O)CCCCCCC/C=C\CCCCCCCC. The maximum atomic E-state index is 12.8. The highest BCUT2D eigenvalue weighted by Gasteiger charge is 2.19. The zero-order valence-corrected chi connectivity index (χ0v) is 42.3. The molecule has 6 heteroatoms. The van der Waals surface area contributed by atoms with Crippen molar-refractivity contribution in [2.45, 2.75) is 277 Å². The van der Waals surface area contributed by atoms with Crippen molar-refractivity contribution in [3.05, 3.63) is 60.8 Å². The zero-order valence-electron chi connectivity index (χ0n) is 42.3. The monoisotopic (exact) mass is 895 g/mol. The Morgan fingerprint density at radius 3 is 0.969 bits per heavy atom. The quantitative estimate of drug-likeness (QED) is 0.0262. The van der Waals surface area contributed by atoms with E-state index >= 15 is 0 Å². The highest BCUT2D eigenvalue weighted by Crippen LogP contribution is 2.15. The normalized spacial score (nSPS) is 12.5. The summed E-state index contributed by atoms with van der Waals surface area (Å²) in [7, 11) is 0. The average Bonchev–Trinajstić information content (AvgIpc) is 3.29. The Balaban J connectivity index is 4.32. The molecule has 0 radical (unpaired) electrons. The summed E-state index contributed by atoms with van der Waals surface area (Å²) in [6.45, 7) is 6.51. The molecule has 0 fully saturated rings. The van der Waals surface area contributed by atoms with Crippen molar-refractivity contribution >= 4 is 17.9 Å². The lowest BCUT2D eigenvalue weighted by atomic mass is 10.1. The summed E-state index contributed by atoms with van der Waals surface area (Å²) >= 11 is 0. The van der Waals surface area contributed by atoms with Gasteiger partial charge in [-0.1, -0.05) is 229 Å². The van der Waals surface area contributed by atoms with Gasteiger partial charge in [0.15, 0.2) is 6.10 Å². The molecular formula is C58H102O6. The minimum Gasteiger partial charge on any atom is -0.462 e. The van der Waals surface area contributed by atoms with Crippen LogP contribution in [-0.2, 0) is 28.6 Å². The van der Waals surface area contributed by atoms with Crippen molar-refractivity contribution in [1.82, 2.24) is 0 Å². The first-order valence-electron chi connectivity index (χ1n) is 27.3. The van der Waals surface area contributed by atoms with E-state index in [1.807, 2.05) is 0 Å². The predicted octanol–water partition coefficient (Wildman–Crippen LogP) is 18.0. The number of rotatable bonds is 49. The standard InChI is InChI=1S/C58H102O6/c1-4-7-10-13-16-19-22-24-26-27-28-29-30-31-33-34-36-39-42-45-48-51-57(60)63-54-55(53-62-56(59)50-47-44-41-38-21-18-15-12-9-6-3)64-58(61)52-49-46-43-40-37-35-32-25-23-20-17-14-11-8-5-2/h7,10,16,19,24-26,28-29,32,55H,4-6,8-9,11-15,17-18,20-23,27,30-31,33-54H2,1-3H3/b10-7-,19-16-,26-24-,29-28-,32-25-. The number of allylic oxidation sites excluding steroid dienone is 10. The molecule has 0 aromatic carbocycles. The van der Waals surface area contributed by atoms with Crippen LogP contribution in [-0.4, -0.2) is 37.2 Å². The van der Waals surface area contributed by atoms with Crippen LogP contribution in [0.15, 0.2) is 60.8 Å². The minimum atomic E-state index is -0.779. The van der Waals surface area contributed by atoms with Gasteiger partial charge in [0, 0.05) is 19.3 Å². The Bertz CT molecular complexity index is 1170. The summed E-state index contributed by atoms with van der Waals surface area (Å²) in [5, 5.41) is 0. The fraction of sp³-hybridized carbons (Fsp3) is 0.776. The molecule has 0 heterocycles. The Morgan fingerprint density at radius 1 is 0.328 bits per heavy atom. The molecule has 0 aromatic rings. The molecule has 6 nitrogen and oxygen atoms in total. The maximum Gasteiger partial charge on any atom is 0.306 e. The Labute approximate surface area is 396 Å². The highest BCUT2D eigenvalue weighted by atomic mass is 16.6. The van der Waals surface area contributed by atoms with Gasteiger partial charge >= 0.3 is 17.9 Å². The van der Waals surface area contributed by atoms with Crippen LogP contribution in [0.3, 0.4) is 0 Å². The lowest BCUT2D eigenvalue weighted by Crippen LogP contribution is -2.30.